The Morgan fingerprint density at radius 3 is 2.00 bits per heavy atom. The summed E-state index contributed by atoms with van der Waals surface area (Å²) in [5.41, 5.74) is 0. The predicted octanol–water partition coefficient (Wildman–Crippen LogP) is 1.56. The maximum Gasteiger partial charge on any atom is -0.00444 e. The molecule has 1 atom stereocenters. The predicted molar refractivity (Wildman–Crippen MR) is 26.1 cm³/mol. The fraction of sp³-hybridized carbons (Fsp3) is 0.500. The van der Waals surface area contributed by atoms with Crippen LogP contribution in [0.5, 0.6) is 0 Å². The van der Waals surface area contributed by atoms with Crippen LogP contribution in [0.15, 0.2) is 0 Å². The van der Waals surface area contributed by atoms with Gasteiger partial charge in [-0.25, -0.2) is 0 Å². The molecule has 0 bridgehead atoms. The molecule has 0 aliphatic heterocycles. The molecule has 27 valence electrons. The normalized spacial score (nSPS) is 11.2. The minimum absolute atomic E-state index is 0.398. The fourth-order valence-corrected chi connectivity index (χ4v) is 0. The van der Waals surface area contributed by atoms with Gasteiger partial charge in [0.05, 0.1) is 0 Å². The summed E-state index contributed by atoms with van der Waals surface area (Å²) in [4.78, 5) is 0. The van der Waals surface area contributed by atoms with Crippen LogP contribution in [0, 0.1) is 6.26 Å². The second-order valence-electron chi connectivity index (χ2n) is 0.605. The summed E-state index contributed by atoms with van der Waals surface area (Å²) in [5, 5.41) is 0. The van der Waals surface area contributed by atoms with Gasteiger partial charge in [0.15, 0.2) is 0 Å². The van der Waals surface area contributed by atoms with E-state index in [1.165, 1.54) is 0 Å². The molecule has 1 radical (unpaired) electrons. The van der Waals surface area contributed by atoms with E-state index in [2.05, 4.69) is 6.26 Å². The van der Waals surface area contributed by atoms with Crippen LogP contribution in [0.4, 0.5) is 0 Å². The Bertz CT molecular complexity index is 10.8. The lowest BCUT2D eigenvalue weighted by Gasteiger charge is -1.84. The lowest BCUT2D eigenvalue weighted by Crippen LogP contribution is -1.37. The summed E-state index contributed by atoms with van der Waals surface area (Å²) in [6, 6.07) is 0. The zero-order valence-electron chi connectivity index (χ0n) is 2.53. The first-order chi connectivity index (χ1) is 1.73. The van der Waals surface area contributed by atoms with Crippen LogP contribution in [0.25, 0.3) is 0 Å². The standard InChI is InChI=1S/C2H6ClS/c1-4(2)3/h4H,1H2,2H3. The number of halogens is 1. The van der Waals surface area contributed by atoms with Gasteiger partial charge in [-0.15, -0.1) is 0 Å². The SMILES string of the molecule is [CH2][SH](C)Cl. The summed E-state index contributed by atoms with van der Waals surface area (Å²) in [5.74, 6) is 0. The third-order valence-corrected chi connectivity index (χ3v) is 0. The molecular weight excluding hydrogens is 91.5 g/mol. The van der Waals surface area contributed by atoms with Crippen molar-refractivity contribution in [2.45, 2.75) is 0 Å². The van der Waals surface area contributed by atoms with Crippen LogP contribution in [-0.2, 0) is 0 Å². The molecule has 0 saturated carbocycles. The van der Waals surface area contributed by atoms with Gasteiger partial charge in [0, 0.05) is 0 Å². The van der Waals surface area contributed by atoms with E-state index in [4.69, 9.17) is 10.7 Å². The average molecular weight is 97.6 g/mol. The van der Waals surface area contributed by atoms with Crippen LogP contribution < -0.4 is 0 Å². The molecular formula is C2H6ClS. The second kappa shape index (κ2) is 1.91. The molecule has 0 aromatic heterocycles. The summed E-state index contributed by atoms with van der Waals surface area (Å²) < 4.78 is 0. The Kier molecular flexibility index (Phi) is 2.22. The first-order valence-corrected chi connectivity index (χ1v) is 3.81. The van der Waals surface area contributed by atoms with Crippen molar-refractivity contribution >= 4 is 20.8 Å². The summed E-state index contributed by atoms with van der Waals surface area (Å²) in [6.07, 6.45) is 5.35. The molecule has 4 heavy (non-hydrogen) atoms. The first kappa shape index (κ1) is 4.64. The van der Waals surface area contributed by atoms with Crippen molar-refractivity contribution in [3.8, 4) is 0 Å². The van der Waals surface area contributed by atoms with Crippen LogP contribution >= 0.6 is 20.8 Å². The van der Waals surface area contributed by atoms with Crippen LogP contribution in [0.3, 0.4) is 0 Å². The van der Waals surface area contributed by atoms with E-state index in [0.29, 0.717) is 0 Å². The van der Waals surface area contributed by atoms with Gasteiger partial charge in [-0.3, -0.25) is 0 Å². The molecule has 0 heterocycles. The van der Waals surface area contributed by atoms with Crippen molar-refractivity contribution in [1.82, 2.24) is 0 Å². The zero-order chi connectivity index (χ0) is 3.58. The van der Waals surface area contributed by atoms with E-state index >= 15 is 0 Å². The van der Waals surface area contributed by atoms with Crippen molar-refractivity contribution in [3.63, 3.8) is 0 Å². The number of hydrogen-bond donors (Lipinski definition) is 1. The maximum atomic E-state index is 5.23. The van der Waals surface area contributed by atoms with E-state index in [9.17, 15) is 0 Å². The van der Waals surface area contributed by atoms with E-state index in [0.717, 1.165) is 0 Å². The zero-order valence-corrected chi connectivity index (χ0v) is 4.18. The van der Waals surface area contributed by atoms with Crippen LogP contribution in [0.2, 0.25) is 0 Å². The topological polar surface area (TPSA) is 0 Å². The lowest BCUT2D eigenvalue weighted by molar-refractivity contribution is 2.47. The summed E-state index contributed by atoms with van der Waals surface area (Å²) in [6.45, 7) is 0. The Morgan fingerprint density at radius 1 is 2.00 bits per heavy atom. The molecule has 0 saturated heterocycles. The minimum Gasteiger partial charge on any atom is -0.177 e. The third-order valence-electron chi connectivity index (χ3n) is 0. The molecule has 0 N–H and O–H groups in total. The van der Waals surface area contributed by atoms with Crippen molar-refractivity contribution < 1.29 is 0 Å². The molecule has 0 fully saturated rings. The summed E-state index contributed by atoms with van der Waals surface area (Å²) in [7, 11) is 4.83. The first-order valence-electron chi connectivity index (χ1n) is 0.932. The Balaban J connectivity index is 2.32. The van der Waals surface area contributed by atoms with Crippen molar-refractivity contribution in [2.75, 3.05) is 6.26 Å². The molecule has 1 unspecified atom stereocenters. The van der Waals surface area contributed by atoms with Gasteiger partial charge < -0.3 is 0 Å². The second-order valence-corrected chi connectivity index (χ2v) is 3.55. The molecule has 0 aliphatic rings. The third kappa shape index (κ3) is 17.3. The number of hydrogen-bond acceptors (Lipinski definition) is 0. The Labute approximate surface area is 34.0 Å². The molecule has 0 spiro atoms. The minimum atomic E-state index is -0.398. The van der Waals surface area contributed by atoms with Gasteiger partial charge in [0.25, 0.3) is 0 Å². The van der Waals surface area contributed by atoms with Crippen molar-refractivity contribution in [3.05, 3.63) is 6.26 Å². The molecule has 0 aromatic carbocycles. The van der Waals surface area contributed by atoms with Gasteiger partial charge in [-0.05, 0) is 12.5 Å². The molecule has 0 amide bonds. The van der Waals surface area contributed by atoms with E-state index in [1.54, 1.807) is 0 Å². The smallest absolute Gasteiger partial charge is 0.00444 e. The molecule has 2 heteroatoms. The molecule has 0 rings (SSSR count). The largest absolute Gasteiger partial charge is 0.177 e. The number of thiol groups is 1. The highest BCUT2D eigenvalue weighted by molar-refractivity contribution is 8.36. The number of rotatable bonds is 0. The quantitative estimate of drug-likeness (QED) is 0.436. The average Bonchev–Trinajstić information content (AvgIpc) is 0.811. The van der Waals surface area contributed by atoms with Gasteiger partial charge in [-0.1, -0.05) is 10.7 Å². The van der Waals surface area contributed by atoms with Crippen molar-refractivity contribution in [2.24, 2.45) is 0 Å². The Morgan fingerprint density at radius 2 is 2.00 bits per heavy atom. The van der Waals surface area contributed by atoms with Gasteiger partial charge in [0.2, 0.25) is 0 Å². The van der Waals surface area contributed by atoms with Gasteiger partial charge in [0.1, 0.15) is 0 Å². The van der Waals surface area contributed by atoms with Crippen LogP contribution in [0.1, 0.15) is 0 Å². The van der Waals surface area contributed by atoms with E-state index < -0.39 is 10.1 Å². The van der Waals surface area contributed by atoms with Gasteiger partial charge >= 0.3 is 0 Å². The van der Waals surface area contributed by atoms with E-state index in [-0.39, 0.29) is 0 Å². The van der Waals surface area contributed by atoms with E-state index in [1.807, 2.05) is 6.26 Å². The lowest BCUT2D eigenvalue weighted by atomic mass is 11.9. The monoisotopic (exact) mass is 97.0 g/mol. The highest BCUT2D eigenvalue weighted by Gasteiger charge is 1.63. The van der Waals surface area contributed by atoms with Gasteiger partial charge in [-0.2, -0.15) is 10.1 Å². The summed E-state index contributed by atoms with van der Waals surface area (Å²) >= 11 is 0. The molecule has 0 nitrogen and oxygen atoms in total. The fourth-order valence-electron chi connectivity index (χ4n) is 0. The molecule has 0 aromatic rings. The maximum absolute atomic E-state index is 5.23. The van der Waals surface area contributed by atoms with Crippen molar-refractivity contribution in [1.29, 1.82) is 0 Å². The Hall–Kier alpha value is 0.640. The molecule has 0 aliphatic carbocycles. The highest BCUT2D eigenvalue weighted by Crippen LogP contribution is 2.20. The van der Waals surface area contributed by atoms with Crippen LogP contribution in [-0.4, -0.2) is 6.26 Å². The highest BCUT2D eigenvalue weighted by atomic mass is 35.7.